The Bertz CT molecular complexity index is 605. The SMILES string of the molecule is O=C(NCCCN1CCCC[C@@H]1CO)N1CCN(Cc2ccc(F)cc2)CC1. The third-order valence-electron chi connectivity index (χ3n) is 5.84. The minimum atomic E-state index is -0.211. The Labute approximate surface area is 167 Å². The number of likely N-dealkylation sites (tertiary alicyclic amines) is 1. The van der Waals surface area contributed by atoms with Crippen LogP contribution in [0.2, 0.25) is 0 Å². The number of carbonyl (C=O) groups excluding carboxylic acids is 1. The fourth-order valence-corrected chi connectivity index (χ4v) is 4.11. The van der Waals surface area contributed by atoms with Crippen LogP contribution in [0.4, 0.5) is 9.18 Å². The van der Waals surface area contributed by atoms with Crippen molar-refractivity contribution in [1.82, 2.24) is 20.0 Å². The Hall–Kier alpha value is -1.70. The molecular weight excluding hydrogens is 359 g/mol. The van der Waals surface area contributed by atoms with E-state index in [0.29, 0.717) is 25.7 Å². The highest BCUT2D eigenvalue weighted by Gasteiger charge is 2.22. The van der Waals surface area contributed by atoms with E-state index >= 15 is 0 Å². The summed E-state index contributed by atoms with van der Waals surface area (Å²) in [7, 11) is 0. The van der Waals surface area contributed by atoms with Gasteiger partial charge in [0.25, 0.3) is 0 Å². The number of carbonyl (C=O) groups is 1. The average Bonchev–Trinajstić information content (AvgIpc) is 2.73. The molecule has 7 heteroatoms. The number of amides is 2. The van der Waals surface area contributed by atoms with Gasteiger partial charge in [0.05, 0.1) is 6.61 Å². The van der Waals surface area contributed by atoms with Gasteiger partial charge in [0.15, 0.2) is 0 Å². The second-order valence-electron chi connectivity index (χ2n) is 7.84. The summed E-state index contributed by atoms with van der Waals surface area (Å²) in [6.07, 6.45) is 4.38. The van der Waals surface area contributed by atoms with Crippen molar-refractivity contribution in [3.63, 3.8) is 0 Å². The summed E-state index contributed by atoms with van der Waals surface area (Å²) in [4.78, 5) is 18.9. The normalized spacial score (nSPS) is 21.6. The molecule has 2 amide bonds. The van der Waals surface area contributed by atoms with E-state index in [9.17, 15) is 14.3 Å². The monoisotopic (exact) mass is 392 g/mol. The van der Waals surface area contributed by atoms with Crippen LogP contribution in [0.25, 0.3) is 0 Å². The van der Waals surface area contributed by atoms with Crippen LogP contribution < -0.4 is 5.32 Å². The molecule has 2 heterocycles. The number of hydrogen-bond donors (Lipinski definition) is 2. The van der Waals surface area contributed by atoms with Gasteiger partial charge >= 0.3 is 6.03 Å². The Morgan fingerprint density at radius 2 is 1.86 bits per heavy atom. The number of aliphatic hydroxyl groups excluding tert-OH is 1. The summed E-state index contributed by atoms with van der Waals surface area (Å²) >= 11 is 0. The molecule has 0 unspecified atom stereocenters. The van der Waals surface area contributed by atoms with E-state index < -0.39 is 0 Å². The molecule has 156 valence electrons. The van der Waals surface area contributed by atoms with Gasteiger partial charge in [-0.05, 0) is 43.5 Å². The topological polar surface area (TPSA) is 59.1 Å². The van der Waals surface area contributed by atoms with Gasteiger partial charge in [0.2, 0.25) is 0 Å². The first kappa shape index (κ1) is 21.0. The van der Waals surface area contributed by atoms with Crippen LogP contribution >= 0.6 is 0 Å². The molecule has 1 aromatic rings. The third-order valence-corrected chi connectivity index (χ3v) is 5.84. The van der Waals surface area contributed by atoms with Crippen molar-refractivity contribution in [1.29, 1.82) is 0 Å². The van der Waals surface area contributed by atoms with E-state index in [1.54, 1.807) is 0 Å². The number of aliphatic hydroxyl groups is 1. The van der Waals surface area contributed by atoms with E-state index in [1.165, 1.54) is 25.0 Å². The molecule has 6 nitrogen and oxygen atoms in total. The maximum Gasteiger partial charge on any atom is 0.317 e. The summed E-state index contributed by atoms with van der Waals surface area (Å²) in [5.74, 6) is -0.211. The van der Waals surface area contributed by atoms with Crippen molar-refractivity contribution < 1.29 is 14.3 Å². The second kappa shape index (κ2) is 10.7. The molecular formula is C21H33FN4O2. The van der Waals surface area contributed by atoms with Gasteiger partial charge in [-0.15, -0.1) is 0 Å². The van der Waals surface area contributed by atoms with Crippen LogP contribution in [0.15, 0.2) is 24.3 Å². The molecule has 0 bridgehead atoms. The first-order chi connectivity index (χ1) is 13.7. The molecule has 0 aliphatic carbocycles. The molecule has 3 rings (SSSR count). The molecule has 0 spiro atoms. The zero-order chi connectivity index (χ0) is 19.8. The van der Waals surface area contributed by atoms with Crippen LogP contribution in [0, 0.1) is 5.82 Å². The van der Waals surface area contributed by atoms with Crippen LogP contribution in [0.3, 0.4) is 0 Å². The number of halogens is 1. The minimum Gasteiger partial charge on any atom is -0.395 e. The lowest BCUT2D eigenvalue weighted by Crippen LogP contribution is -2.51. The lowest BCUT2D eigenvalue weighted by atomic mass is 10.0. The first-order valence-corrected chi connectivity index (χ1v) is 10.5. The van der Waals surface area contributed by atoms with Gasteiger partial charge in [-0.25, -0.2) is 9.18 Å². The zero-order valence-corrected chi connectivity index (χ0v) is 16.7. The van der Waals surface area contributed by atoms with Crippen molar-refractivity contribution in [2.75, 3.05) is 52.4 Å². The van der Waals surface area contributed by atoms with Crippen molar-refractivity contribution in [3.8, 4) is 0 Å². The molecule has 0 aromatic heterocycles. The third kappa shape index (κ3) is 6.15. The fraction of sp³-hybridized carbons (Fsp3) is 0.667. The molecule has 2 N–H and O–H groups in total. The maximum absolute atomic E-state index is 13.0. The summed E-state index contributed by atoms with van der Waals surface area (Å²) in [5.41, 5.74) is 1.10. The minimum absolute atomic E-state index is 0.0128. The van der Waals surface area contributed by atoms with Crippen LogP contribution in [0.5, 0.6) is 0 Å². The second-order valence-corrected chi connectivity index (χ2v) is 7.84. The summed E-state index contributed by atoms with van der Waals surface area (Å²) in [6.45, 7) is 6.76. The number of nitrogens with zero attached hydrogens (tertiary/aromatic N) is 3. The van der Waals surface area contributed by atoms with Gasteiger partial charge < -0.3 is 15.3 Å². The molecule has 2 saturated heterocycles. The van der Waals surface area contributed by atoms with Crippen LogP contribution in [-0.2, 0) is 6.54 Å². The molecule has 2 aliphatic rings. The molecule has 28 heavy (non-hydrogen) atoms. The zero-order valence-electron chi connectivity index (χ0n) is 16.7. The highest BCUT2D eigenvalue weighted by molar-refractivity contribution is 5.74. The molecule has 2 fully saturated rings. The molecule has 0 radical (unpaired) electrons. The average molecular weight is 393 g/mol. The van der Waals surface area contributed by atoms with Gasteiger partial charge in [-0.3, -0.25) is 9.80 Å². The first-order valence-electron chi connectivity index (χ1n) is 10.5. The summed E-state index contributed by atoms with van der Waals surface area (Å²) in [6, 6.07) is 6.92. The van der Waals surface area contributed by atoms with E-state index in [-0.39, 0.29) is 18.5 Å². The Balaban J connectivity index is 1.31. The van der Waals surface area contributed by atoms with Gasteiger partial charge in [0, 0.05) is 51.9 Å². The van der Waals surface area contributed by atoms with Crippen molar-refractivity contribution >= 4 is 6.03 Å². The lowest BCUT2D eigenvalue weighted by Gasteiger charge is -2.35. The lowest BCUT2D eigenvalue weighted by molar-refractivity contribution is 0.0890. The van der Waals surface area contributed by atoms with E-state index in [4.69, 9.17) is 0 Å². The van der Waals surface area contributed by atoms with Crippen molar-refractivity contribution in [3.05, 3.63) is 35.6 Å². The predicted molar refractivity (Wildman–Crippen MR) is 108 cm³/mol. The van der Waals surface area contributed by atoms with Crippen LogP contribution in [-0.4, -0.2) is 84.3 Å². The molecule has 1 aromatic carbocycles. The smallest absolute Gasteiger partial charge is 0.317 e. The molecule has 0 saturated carbocycles. The summed E-state index contributed by atoms with van der Waals surface area (Å²) < 4.78 is 13.0. The number of nitrogens with one attached hydrogen (secondary N) is 1. The Kier molecular flexibility index (Phi) is 8.06. The highest BCUT2D eigenvalue weighted by Crippen LogP contribution is 2.16. The number of hydrogen-bond acceptors (Lipinski definition) is 4. The van der Waals surface area contributed by atoms with Gasteiger partial charge in [-0.2, -0.15) is 0 Å². The quantitative estimate of drug-likeness (QED) is 0.696. The molecule has 1 atom stereocenters. The van der Waals surface area contributed by atoms with E-state index in [2.05, 4.69) is 15.1 Å². The largest absolute Gasteiger partial charge is 0.395 e. The number of rotatable bonds is 7. The van der Waals surface area contributed by atoms with Crippen LogP contribution in [0.1, 0.15) is 31.2 Å². The number of urea groups is 1. The van der Waals surface area contributed by atoms with Crippen molar-refractivity contribution in [2.24, 2.45) is 0 Å². The number of piperazine rings is 1. The van der Waals surface area contributed by atoms with E-state index in [1.807, 2.05) is 17.0 Å². The van der Waals surface area contributed by atoms with Crippen molar-refractivity contribution in [2.45, 2.75) is 38.3 Å². The number of piperidine rings is 1. The number of benzene rings is 1. The Morgan fingerprint density at radius 1 is 1.11 bits per heavy atom. The van der Waals surface area contributed by atoms with Gasteiger partial charge in [-0.1, -0.05) is 18.6 Å². The fourth-order valence-electron chi connectivity index (χ4n) is 4.11. The van der Waals surface area contributed by atoms with Gasteiger partial charge in [0.1, 0.15) is 5.82 Å². The molecule has 2 aliphatic heterocycles. The van der Waals surface area contributed by atoms with E-state index in [0.717, 1.165) is 51.1 Å². The highest BCUT2D eigenvalue weighted by atomic mass is 19.1. The Morgan fingerprint density at radius 3 is 2.57 bits per heavy atom. The maximum atomic E-state index is 13.0. The standard InChI is InChI=1S/C21H33FN4O2/c22-19-7-5-18(6-8-19)16-24-12-14-26(15-13-24)21(28)23-9-3-11-25-10-2-1-4-20(25)17-27/h5-8,20,27H,1-4,9-17H2,(H,23,28)/t20-/m1/s1. The predicted octanol–water partition coefficient (Wildman–Crippen LogP) is 1.89. The summed E-state index contributed by atoms with van der Waals surface area (Å²) in [5, 5.41) is 12.5.